The number of benzene rings is 1. The smallest absolute Gasteiger partial charge is 0.408 e. The van der Waals surface area contributed by atoms with E-state index in [1.165, 1.54) is 50.7 Å². The van der Waals surface area contributed by atoms with Crippen molar-refractivity contribution >= 4 is 28.9 Å². The van der Waals surface area contributed by atoms with Gasteiger partial charge in [-0.25, -0.2) is 14.2 Å². The molecule has 0 bridgehead atoms. The average Bonchev–Trinajstić information content (AvgIpc) is 3.25. The molecule has 1 atom stereocenters. The van der Waals surface area contributed by atoms with Crippen LogP contribution in [-0.4, -0.2) is 66.6 Å². The molecule has 2 heterocycles. The van der Waals surface area contributed by atoms with Crippen LogP contribution < -0.4 is 5.32 Å². The fourth-order valence-corrected chi connectivity index (χ4v) is 4.53. The number of ether oxygens (including phenoxy) is 2. The van der Waals surface area contributed by atoms with Crippen LogP contribution in [0.5, 0.6) is 0 Å². The summed E-state index contributed by atoms with van der Waals surface area (Å²) in [5.41, 5.74) is 0.485. The van der Waals surface area contributed by atoms with Gasteiger partial charge in [0.1, 0.15) is 17.4 Å². The van der Waals surface area contributed by atoms with Gasteiger partial charge in [0, 0.05) is 19.2 Å². The second-order valence-corrected chi connectivity index (χ2v) is 10.0. The lowest BCUT2D eigenvalue weighted by Gasteiger charge is -2.26. The topological polar surface area (TPSA) is 111 Å². The first kappa shape index (κ1) is 33.2. The second-order valence-electron chi connectivity index (χ2n) is 10.0. The van der Waals surface area contributed by atoms with Gasteiger partial charge < -0.3 is 24.1 Å². The van der Waals surface area contributed by atoms with E-state index in [0.29, 0.717) is 44.7 Å². The fraction of sp³-hybridized carbons (Fsp3) is 0.667. The van der Waals surface area contributed by atoms with E-state index in [9.17, 15) is 18.8 Å². The van der Waals surface area contributed by atoms with Crippen molar-refractivity contribution in [2.24, 2.45) is 5.92 Å². The van der Waals surface area contributed by atoms with Crippen molar-refractivity contribution in [2.75, 3.05) is 32.9 Å². The molecule has 9 nitrogen and oxygen atoms in total. The number of carbonyl (C=O) groups excluding carboxylic acids is 3. The molecule has 1 saturated carbocycles. The Morgan fingerprint density at radius 3 is 2.45 bits per heavy atom. The minimum atomic E-state index is -0.936. The summed E-state index contributed by atoms with van der Waals surface area (Å²) in [5.74, 6) is -0.576. The van der Waals surface area contributed by atoms with Gasteiger partial charge >= 0.3 is 6.09 Å². The van der Waals surface area contributed by atoms with Gasteiger partial charge in [0.2, 0.25) is 5.78 Å². The maximum atomic E-state index is 13.3. The Labute approximate surface area is 237 Å². The zero-order valence-corrected chi connectivity index (χ0v) is 24.5. The second kappa shape index (κ2) is 18.4. The van der Waals surface area contributed by atoms with E-state index in [4.69, 9.17) is 13.9 Å². The minimum Gasteiger partial charge on any atom is -0.439 e. The van der Waals surface area contributed by atoms with E-state index in [0.717, 1.165) is 18.4 Å². The number of ketones is 1. The zero-order chi connectivity index (χ0) is 29.3. The molecule has 1 N–H and O–H groups in total. The number of halogens is 1. The van der Waals surface area contributed by atoms with Gasteiger partial charge in [0.05, 0.1) is 13.2 Å². The van der Waals surface area contributed by atoms with Crippen molar-refractivity contribution in [3.63, 3.8) is 0 Å². The number of alkyl carbamates (subject to hydrolysis) is 1. The van der Waals surface area contributed by atoms with Crippen molar-refractivity contribution in [3.05, 3.63) is 29.9 Å². The highest BCUT2D eigenvalue weighted by Crippen LogP contribution is 2.21. The number of hydrogen-bond donors (Lipinski definition) is 1. The molecule has 1 aromatic carbocycles. The van der Waals surface area contributed by atoms with E-state index < -0.39 is 30.3 Å². The molecule has 1 aliphatic heterocycles. The Morgan fingerprint density at radius 2 is 1.80 bits per heavy atom. The van der Waals surface area contributed by atoms with Crippen LogP contribution in [0, 0.1) is 11.7 Å². The normalized spacial score (nSPS) is 16.5. The highest BCUT2D eigenvalue weighted by Gasteiger charge is 2.27. The molecule has 0 unspecified atom stereocenters. The number of aromatic nitrogens is 1. The lowest BCUT2D eigenvalue weighted by atomic mass is 10.0. The first-order chi connectivity index (χ1) is 19.4. The summed E-state index contributed by atoms with van der Waals surface area (Å²) in [5, 5.41) is 2.48. The number of hydrogen-bond acceptors (Lipinski definition) is 7. The molecule has 2 amide bonds. The van der Waals surface area contributed by atoms with E-state index in [-0.39, 0.29) is 17.4 Å². The molecule has 40 heavy (non-hydrogen) atoms. The van der Waals surface area contributed by atoms with Gasteiger partial charge in [0.25, 0.3) is 11.8 Å². The average molecular weight is 564 g/mol. The fourth-order valence-electron chi connectivity index (χ4n) is 4.53. The van der Waals surface area contributed by atoms with Crippen molar-refractivity contribution in [1.29, 1.82) is 0 Å². The predicted molar refractivity (Wildman–Crippen MR) is 152 cm³/mol. The van der Waals surface area contributed by atoms with Crippen LogP contribution in [0.2, 0.25) is 0 Å². The molecule has 2 fully saturated rings. The highest BCUT2D eigenvalue weighted by atomic mass is 19.1. The SMILES string of the molecule is CC.CC1CCCCCC1.CCCC[C@H](NC(=O)OCC(=O)N1CCOCC1)C(=O)c1nc2ccc(F)cc2o1. The van der Waals surface area contributed by atoms with Gasteiger partial charge in [-0.05, 0) is 24.5 Å². The monoisotopic (exact) mass is 563 g/mol. The standard InChI is InChI=1S/C20H24FN3O6.C8H16.C2H6/c1-2-3-4-15(18(26)19-22-14-6-5-13(21)11-16(14)30-19)23-20(27)29-12-17(25)24-7-9-28-10-8-24;1-8-6-4-2-3-5-7-8;1-2/h5-6,11,15H,2-4,7-10,12H2,1H3,(H,23,27);8H,2-7H2,1H3;1-2H3/t15-;;/m0../s1. The van der Waals surface area contributed by atoms with E-state index >= 15 is 0 Å². The van der Waals surface area contributed by atoms with Crippen LogP contribution in [0.25, 0.3) is 11.1 Å². The maximum Gasteiger partial charge on any atom is 0.408 e. The van der Waals surface area contributed by atoms with Crippen LogP contribution in [0.15, 0.2) is 22.6 Å². The first-order valence-electron chi connectivity index (χ1n) is 14.8. The molecule has 2 aliphatic rings. The van der Waals surface area contributed by atoms with E-state index in [1.54, 1.807) is 4.90 Å². The summed E-state index contributed by atoms with van der Waals surface area (Å²) in [6.07, 6.45) is 9.85. The Balaban J connectivity index is 0.000000475. The van der Waals surface area contributed by atoms with E-state index in [1.807, 2.05) is 20.8 Å². The number of amides is 2. The first-order valence-corrected chi connectivity index (χ1v) is 14.8. The Bertz CT molecular complexity index is 1050. The molecule has 4 rings (SSSR count). The lowest BCUT2D eigenvalue weighted by molar-refractivity contribution is -0.138. The van der Waals surface area contributed by atoms with Crippen molar-refractivity contribution in [2.45, 2.75) is 91.5 Å². The summed E-state index contributed by atoms with van der Waals surface area (Å²) < 4.78 is 28.9. The lowest BCUT2D eigenvalue weighted by Crippen LogP contribution is -2.45. The van der Waals surface area contributed by atoms with Gasteiger partial charge in [-0.15, -0.1) is 0 Å². The van der Waals surface area contributed by atoms with Crippen LogP contribution in [-0.2, 0) is 14.3 Å². The number of morpholine rings is 1. The Kier molecular flexibility index (Phi) is 15.2. The number of carbonyl (C=O) groups is 3. The molecule has 224 valence electrons. The van der Waals surface area contributed by atoms with Crippen molar-refractivity contribution in [1.82, 2.24) is 15.2 Å². The number of fused-ring (bicyclic) bond motifs is 1. The van der Waals surface area contributed by atoms with Crippen LogP contribution >= 0.6 is 0 Å². The van der Waals surface area contributed by atoms with Crippen LogP contribution in [0.4, 0.5) is 9.18 Å². The largest absolute Gasteiger partial charge is 0.439 e. The third kappa shape index (κ3) is 11.2. The summed E-state index contributed by atoms with van der Waals surface area (Å²) in [6.45, 7) is 9.68. The zero-order valence-electron chi connectivity index (χ0n) is 24.5. The summed E-state index contributed by atoms with van der Waals surface area (Å²) in [6, 6.07) is 2.83. The van der Waals surface area contributed by atoms with Crippen molar-refractivity contribution < 1.29 is 32.7 Å². The Morgan fingerprint density at radius 1 is 1.12 bits per heavy atom. The molecule has 0 radical (unpaired) electrons. The number of Topliss-reactive ketones (excluding diaryl/α,β-unsaturated/α-hetero) is 1. The number of oxazole rings is 1. The summed E-state index contributed by atoms with van der Waals surface area (Å²) in [7, 11) is 0. The highest BCUT2D eigenvalue weighted by molar-refractivity contribution is 5.99. The molecule has 10 heteroatoms. The molecule has 1 aromatic heterocycles. The number of rotatable bonds is 8. The third-order valence-corrected chi connectivity index (χ3v) is 6.85. The molecule has 1 saturated heterocycles. The predicted octanol–water partition coefficient (Wildman–Crippen LogP) is 6.30. The van der Waals surface area contributed by atoms with Crippen LogP contribution in [0.3, 0.4) is 0 Å². The van der Waals surface area contributed by atoms with Gasteiger partial charge in [-0.1, -0.05) is 79.1 Å². The molecule has 1 aliphatic carbocycles. The quantitative estimate of drug-likeness (QED) is 0.296. The minimum absolute atomic E-state index is 0.145. The summed E-state index contributed by atoms with van der Waals surface area (Å²) >= 11 is 0. The molecular weight excluding hydrogens is 517 g/mol. The number of nitrogens with zero attached hydrogens (tertiary/aromatic N) is 2. The Hall–Kier alpha value is -3.01. The van der Waals surface area contributed by atoms with Crippen LogP contribution in [0.1, 0.15) is 96.2 Å². The molecule has 0 spiro atoms. The maximum absolute atomic E-state index is 13.3. The summed E-state index contributed by atoms with van der Waals surface area (Å²) in [4.78, 5) is 42.7. The third-order valence-electron chi connectivity index (χ3n) is 6.85. The number of nitrogens with one attached hydrogen (secondary N) is 1. The number of unbranched alkanes of at least 4 members (excludes halogenated alkanes) is 1. The molecule has 2 aromatic rings. The van der Waals surface area contributed by atoms with Gasteiger partial charge in [-0.2, -0.15) is 0 Å². The van der Waals surface area contributed by atoms with Crippen molar-refractivity contribution in [3.8, 4) is 0 Å². The van der Waals surface area contributed by atoms with E-state index in [2.05, 4.69) is 17.2 Å². The molecular formula is C30H46FN3O6. The van der Waals surface area contributed by atoms with Gasteiger partial charge in [-0.3, -0.25) is 9.59 Å². The van der Waals surface area contributed by atoms with Gasteiger partial charge in [0.15, 0.2) is 12.2 Å².